The van der Waals surface area contributed by atoms with E-state index in [4.69, 9.17) is 0 Å². The SMILES string of the molecule is [O].c1ccccc1. The number of benzene rings is 1. The lowest BCUT2D eigenvalue weighted by Crippen LogP contribution is -1.47. The standard InChI is InChI=1S/C6H6.O/c1-2-4-6-5-3-1;/h1-6H;. The highest BCUT2D eigenvalue weighted by Gasteiger charge is 1.57. The van der Waals surface area contributed by atoms with Crippen LogP contribution in [0.25, 0.3) is 0 Å². The molecule has 0 bridgehead atoms. The lowest BCUT2D eigenvalue weighted by molar-refractivity contribution is 0.686. The first kappa shape index (κ1) is 6.18. The predicted molar refractivity (Wildman–Crippen MR) is 27.1 cm³/mol. The largest absolute Gasteiger partial charge is 0.0623 e. The van der Waals surface area contributed by atoms with Crippen molar-refractivity contribution < 1.29 is 5.48 Å². The van der Waals surface area contributed by atoms with Crippen LogP contribution in [-0.2, 0) is 5.48 Å². The maximum Gasteiger partial charge on any atom is 0 e. The summed E-state index contributed by atoms with van der Waals surface area (Å²) in [5.74, 6) is 0. The van der Waals surface area contributed by atoms with Gasteiger partial charge in [-0.05, 0) is 0 Å². The number of rotatable bonds is 0. The fourth-order valence-corrected chi connectivity index (χ4v) is 0.385. The van der Waals surface area contributed by atoms with Crippen molar-refractivity contribution >= 4 is 0 Å². The first-order chi connectivity index (χ1) is 3.00. The molecule has 0 aliphatic rings. The van der Waals surface area contributed by atoms with Gasteiger partial charge in [0.25, 0.3) is 0 Å². The third-order valence-electron chi connectivity index (χ3n) is 0.667. The summed E-state index contributed by atoms with van der Waals surface area (Å²) in [4.78, 5) is 0. The van der Waals surface area contributed by atoms with Crippen LogP contribution < -0.4 is 0 Å². The molecule has 7 heavy (non-hydrogen) atoms. The quantitative estimate of drug-likeness (QED) is 0.467. The van der Waals surface area contributed by atoms with Crippen LogP contribution in [0.2, 0.25) is 0 Å². The molecule has 2 radical (unpaired) electrons. The molecule has 0 heterocycles. The van der Waals surface area contributed by atoms with Crippen molar-refractivity contribution in [1.29, 1.82) is 0 Å². The van der Waals surface area contributed by atoms with Crippen molar-refractivity contribution in [3.63, 3.8) is 0 Å². The van der Waals surface area contributed by atoms with Gasteiger partial charge < -0.3 is 0 Å². The Morgan fingerprint density at radius 3 is 0.714 bits per heavy atom. The van der Waals surface area contributed by atoms with Crippen molar-refractivity contribution in [3.8, 4) is 0 Å². The van der Waals surface area contributed by atoms with Crippen LogP contribution in [0.4, 0.5) is 0 Å². The van der Waals surface area contributed by atoms with Gasteiger partial charge >= 0.3 is 0 Å². The van der Waals surface area contributed by atoms with Crippen LogP contribution in [0.5, 0.6) is 0 Å². The molecule has 0 fully saturated rings. The molecule has 1 heteroatoms. The van der Waals surface area contributed by atoms with E-state index in [0.717, 1.165) is 0 Å². The molecule has 0 aromatic heterocycles. The Kier molecular flexibility index (Phi) is 2.98. The van der Waals surface area contributed by atoms with Gasteiger partial charge in [0.1, 0.15) is 0 Å². The van der Waals surface area contributed by atoms with Crippen molar-refractivity contribution in [1.82, 2.24) is 0 Å². The van der Waals surface area contributed by atoms with E-state index < -0.39 is 0 Å². The lowest BCUT2D eigenvalue weighted by Gasteiger charge is -1.69. The summed E-state index contributed by atoms with van der Waals surface area (Å²) in [7, 11) is 0. The molecule has 0 aliphatic heterocycles. The van der Waals surface area contributed by atoms with Crippen LogP contribution in [0.15, 0.2) is 36.4 Å². The van der Waals surface area contributed by atoms with Gasteiger partial charge in [0.2, 0.25) is 0 Å². The highest BCUT2D eigenvalue weighted by atomic mass is 16.0. The summed E-state index contributed by atoms with van der Waals surface area (Å²) in [6, 6.07) is 12.0. The zero-order valence-corrected chi connectivity index (χ0v) is 3.87. The molecule has 1 aromatic rings. The fourth-order valence-electron chi connectivity index (χ4n) is 0.385. The summed E-state index contributed by atoms with van der Waals surface area (Å²) in [6.07, 6.45) is 0. The van der Waals surface area contributed by atoms with Gasteiger partial charge in [-0.1, -0.05) is 36.4 Å². The Morgan fingerprint density at radius 1 is 0.429 bits per heavy atom. The van der Waals surface area contributed by atoms with Crippen LogP contribution in [0.3, 0.4) is 0 Å². The van der Waals surface area contributed by atoms with E-state index in [1.807, 2.05) is 36.4 Å². The van der Waals surface area contributed by atoms with Gasteiger partial charge in [0, 0.05) is 5.48 Å². The summed E-state index contributed by atoms with van der Waals surface area (Å²) >= 11 is 0. The van der Waals surface area contributed by atoms with Gasteiger partial charge in [-0.2, -0.15) is 0 Å². The maximum atomic E-state index is 2.00. The monoisotopic (exact) mass is 94.0 g/mol. The van der Waals surface area contributed by atoms with Crippen LogP contribution in [0.1, 0.15) is 0 Å². The minimum Gasteiger partial charge on any atom is -0.0623 e. The molecule has 0 saturated carbocycles. The predicted octanol–water partition coefficient (Wildman–Crippen LogP) is 1.57. The molecule has 0 unspecified atom stereocenters. The summed E-state index contributed by atoms with van der Waals surface area (Å²) < 4.78 is 0. The molecular weight excluding hydrogens is 88.1 g/mol. The topological polar surface area (TPSA) is 28.5 Å². The minimum absolute atomic E-state index is 0. The smallest absolute Gasteiger partial charge is 0 e. The van der Waals surface area contributed by atoms with Crippen molar-refractivity contribution in [2.45, 2.75) is 0 Å². The Morgan fingerprint density at radius 2 is 0.571 bits per heavy atom. The van der Waals surface area contributed by atoms with E-state index >= 15 is 0 Å². The van der Waals surface area contributed by atoms with E-state index in [2.05, 4.69) is 0 Å². The number of hydrogen-bond acceptors (Lipinski definition) is 0. The van der Waals surface area contributed by atoms with Gasteiger partial charge in [0.05, 0.1) is 0 Å². The highest BCUT2D eigenvalue weighted by molar-refractivity contribution is 4.99. The molecule has 1 nitrogen and oxygen atoms in total. The first-order valence-corrected chi connectivity index (χ1v) is 2.00. The third-order valence-corrected chi connectivity index (χ3v) is 0.667. The molecule has 0 spiro atoms. The summed E-state index contributed by atoms with van der Waals surface area (Å²) in [5.41, 5.74) is 0. The second-order valence-electron chi connectivity index (χ2n) is 1.15. The molecule has 0 aliphatic carbocycles. The Hall–Kier alpha value is -0.820. The molecule has 0 atom stereocenters. The molecule has 36 valence electrons. The van der Waals surface area contributed by atoms with Crippen molar-refractivity contribution in [3.05, 3.63) is 36.4 Å². The molecule has 1 rings (SSSR count). The van der Waals surface area contributed by atoms with Gasteiger partial charge in [-0.15, -0.1) is 0 Å². The van der Waals surface area contributed by atoms with Crippen molar-refractivity contribution in [2.24, 2.45) is 0 Å². The van der Waals surface area contributed by atoms with Gasteiger partial charge in [-0.3, -0.25) is 0 Å². The van der Waals surface area contributed by atoms with Crippen LogP contribution >= 0.6 is 0 Å². The minimum atomic E-state index is 0. The van der Waals surface area contributed by atoms with Crippen molar-refractivity contribution in [2.75, 3.05) is 0 Å². The van der Waals surface area contributed by atoms with E-state index in [0.29, 0.717) is 0 Å². The molecular formula is C6H6O. The average Bonchev–Trinajstić information content (AvgIpc) is 1.72. The Bertz CT molecular complexity index is 76.1. The van der Waals surface area contributed by atoms with Crippen LogP contribution in [0, 0.1) is 0 Å². The average molecular weight is 94.1 g/mol. The zero-order chi connectivity index (χ0) is 4.24. The number of hydrogen-bond donors (Lipinski definition) is 0. The van der Waals surface area contributed by atoms with Gasteiger partial charge in [0.15, 0.2) is 0 Å². The Labute approximate surface area is 42.9 Å². The fraction of sp³-hybridized carbons (Fsp3) is 0. The maximum absolute atomic E-state index is 2.00. The van der Waals surface area contributed by atoms with E-state index in [1.165, 1.54) is 0 Å². The molecule has 1 aromatic carbocycles. The van der Waals surface area contributed by atoms with Crippen LogP contribution in [-0.4, -0.2) is 0 Å². The first-order valence-electron chi connectivity index (χ1n) is 2.00. The molecule has 0 saturated heterocycles. The highest BCUT2D eigenvalue weighted by Crippen LogP contribution is 1.79. The Balaban J connectivity index is 0.000000360. The van der Waals surface area contributed by atoms with E-state index in [-0.39, 0.29) is 5.48 Å². The second-order valence-corrected chi connectivity index (χ2v) is 1.15. The third kappa shape index (κ3) is 1.95. The normalized spacial score (nSPS) is 6.86. The summed E-state index contributed by atoms with van der Waals surface area (Å²) in [6.45, 7) is 0. The van der Waals surface area contributed by atoms with Gasteiger partial charge in [-0.25, -0.2) is 0 Å². The second kappa shape index (κ2) is 3.37. The molecule has 0 amide bonds. The van der Waals surface area contributed by atoms with E-state index in [1.54, 1.807) is 0 Å². The molecule has 0 N–H and O–H groups in total. The lowest BCUT2D eigenvalue weighted by atomic mass is 10.4. The van der Waals surface area contributed by atoms with E-state index in [9.17, 15) is 0 Å². The zero-order valence-electron chi connectivity index (χ0n) is 3.87. The summed E-state index contributed by atoms with van der Waals surface area (Å²) in [5, 5.41) is 0.